The van der Waals surface area contributed by atoms with Gasteiger partial charge in [-0.2, -0.15) is 8.42 Å². The Balaban J connectivity index is 2.08. The number of oxime groups is 1. The molecule has 8 nitrogen and oxygen atoms in total. The lowest BCUT2D eigenvalue weighted by Crippen LogP contribution is -2.38. The number of nitrogens with zero attached hydrogens (tertiary/aromatic N) is 3. The predicted molar refractivity (Wildman–Crippen MR) is 113 cm³/mol. The SMILES string of the molecule is CN(C)c1ccc2c(c1)N(C(=O)c1ccc(Cl)cc1Cl)CC/C2=N\OS(=O)(=O)O. The Morgan fingerprint density at radius 2 is 1.93 bits per heavy atom. The first-order valence-corrected chi connectivity index (χ1v) is 10.5. The molecule has 0 aromatic heterocycles. The minimum absolute atomic E-state index is 0.204. The molecule has 0 fully saturated rings. The molecule has 1 aliphatic rings. The van der Waals surface area contributed by atoms with Gasteiger partial charge in [-0.25, -0.2) is 4.28 Å². The fourth-order valence-electron chi connectivity index (χ4n) is 2.94. The summed E-state index contributed by atoms with van der Waals surface area (Å²) in [6, 6.07) is 9.90. The molecule has 0 saturated heterocycles. The zero-order valence-electron chi connectivity index (χ0n) is 15.5. The second-order valence-electron chi connectivity index (χ2n) is 6.47. The van der Waals surface area contributed by atoms with E-state index in [1.807, 2.05) is 19.0 Å². The summed E-state index contributed by atoms with van der Waals surface area (Å²) in [7, 11) is -1.04. The molecule has 29 heavy (non-hydrogen) atoms. The average Bonchev–Trinajstić information content (AvgIpc) is 2.64. The molecule has 1 heterocycles. The zero-order chi connectivity index (χ0) is 21.3. The number of anilines is 2. The van der Waals surface area contributed by atoms with E-state index in [-0.39, 0.29) is 35.2 Å². The third-order valence-electron chi connectivity index (χ3n) is 4.32. The number of benzene rings is 2. The monoisotopic (exact) mass is 457 g/mol. The van der Waals surface area contributed by atoms with Gasteiger partial charge in [0.1, 0.15) is 0 Å². The van der Waals surface area contributed by atoms with E-state index in [0.29, 0.717) is 16.3 Å². The minimum Gasteiger partial charge on any atom is -0.378 e. The number of hydrogen-bond acceptors (Lipinski definition) is 6. The molecule has 1 aliphatic heterocycles. The molecule has 0 spiro atoms. The Hall–Kier alpha value is -2.33. The number of hydrogen-bond donors (Lipinski definition) is 1. The third-order valence-corrected chi connectivity index (χ3v) is 5.13. The number of rotatable bonds is 4. The number of fused-ring (bicyclic) bond motifs is 1. The van der Waals surface area contributed by atoms with Crippen LogP contribution in [0.15, 0.2) is 41.6 Å². The van der Waals surface area contributed by atoms with Crippen molar-refractivity contribution in [1.82, 2.24) is 0 Å². The van der Waals surface area contributed by atoms with Crippen molar-refractivity contribution in [3.05, 3.63) is 57.6 Å². The van der Waals surface area contributed by atoms with Crippen LogP contribution in [0.25, 0.3) is 0 Å². The van der Waals surface area contributed by atoms with E-state index in [2.05, 4.69) is 9.44 Å². The molecular weight excluding hydrogens is 441 g/mol. The van der Waals surface area contributed by atoms with Gasteiger partial charge >= 0.3 is 10.4 Å². The van der Waals surface area contributed by atoms with E-state index in [9.17, 15) is 13.2 Å². The van der Waals surface area contributed by atoms with Crippen molar-refractivity contribution in [3.8, 4) is 0 Å². The largest absolute Gasteiger partial charge is 0.466 e. The van der Waals surface area contributed by atoms with Crippen molar-refractivity contribution in [3.63, 3.8) is 0 Å². The molecule has 0 unspecified atom stereocenters. The molecule has 154 valence electrons. The Morgan fingerprint density at radius 3 is 2.55 bits per heavy atom. The molecule has 0 atom stereocenters. The highest BCUT2D eigenvalue weighted by molar-refractivity contribution is 7.80. The standard InChI is InChI=1S/C18H17Cl2N3O5S/c1-22(2)12-4-6-14-16(21-28-29(25,26)27)7-8-23(17(14)10-12)18(24)13-5-3-11(19)9-15(13)20/h3-6,9-10H,7-8H2,1-2H3,(H,25,26,27)/b21-16+. The maximum Gasteiger partial charge on any atom is 0.466 e. The lowest BCUT2D eigenvalue weighted by molar-refractivity contribution is 0.0987. The van der Waals surface area contributed by atoms with Crippen LogP contribution in [0.2, 0.25) is 10.0 Å². The van der Waals surface area contributed by atoms with E-state index in [1.165, 1.54) is 11.0 Å². The Morgan fingerprint density at radius 1 is 1.21 bits per heavy atom. The van der Waals surface area contributed by atoms with Crippen LogP contribution in [0.5, 0.6) is 0 Å². The topological polar surface area (TPSA) is 99.5 Å². The summed E-state index contributed by atoms with van der Waals surface area (Å²) < 4.78 is 34.7. The van der Waals surface area contributed by atoms with Gasteiger partial charge in [0.05, 0.1) is 22.0 Å². The van der Waals surface area contributed by atoms with Crippen LogP contribution >= 0.6 is 23.2 Å². The van der Waals surface area contributed by atoms with Gasteiger partial charge < -0.3 is 9.80 Å². The maximum absolute atomic E-state index is 13.2. The quantitative estimate of drug-likeness (QED) is 0.555. The summed E-state index contributed by atoms with van der Waals surface area (Å²) in [6.45, 7) is 0.204. The van der Waals surface area contributed by atoms with Crippen molar-refractivity contribution in [2.75, 3.05) is 30.4 Å². The second-order valence-corrected chi connectivity index (χ2v) is 8.32. The molecule has 11 heteroatoms. The smallest absolute Gasteiger partial charge is 0.378 e. The van der Waals surface area contributed by atoms with Gasteiger partial charge in [-0.1, -0.05) is 28.4 Å². The molecule has 2 aromatic rings. The van der Waals surface area contributed by atoms with E-state index >= 15 is 0 Å². The highest BCUT2D eigenvalue weighted by Crippen LogP contribution is 2.34. The zero-order valence-corrected chi connectivity index (χ0v) is 17.8. The van der Waals surface area contributed by atoms with Crippen molar-refractivity contribution >= 4 is 56.6 Å². The van der Waals surface area contributed by atoms with E-state index in [0.717, 1.165) is 5.69 Å². The van der Waals surface area contributed by atoms with Gasteiger partial charge in [0.25, 0.3) is 5.91 Å². The fourth-order valence-corrected chi connectivity index (χ4v) is 3.62. The Bertz CT molecular complexity index is 1100. The molecule has 0 saturated carbocycles. The summed E-state index contributed by atoms with van der Waals surface area (Å²) in [6.07, 6.45) is 0.209. The van der Waals surface area contributed by atoms with Crippen LogP contribution in [-0.2, 0) is 14.7 Å². The first kappa shape index (κ1) is 21.4. The molecular formula is C18H17Cl2N3O5S. The van der Waals surface area contributed by atoms with Crippen LogP contribution in [0.3, 0.4) is 0 Å². The molecule has 1 amide bonds. The lowest BCUT2D eigenvalue weighted by atomic mass is 9.98. The second kappa shape index (κ2) is 8.19. The van der Waals surface area contributed by atoms with Crippen LogP contribution < -0.4 is 9.80 Å². The predicted octanol–water partition coefficient (Wildman–Crippen LogP) is 3.63. The summed E-state index contributed by atoms with van der Waals surface area (Å²) in [5.41, 5.74) is 2.40. The number of carbonyl (C=O) groups excluding carboxylic acids is 1. The number of halogens is 2. The molecule has 2 aromatic carbocycles. The Labute approximate surface area is 178 Å². The normalized spacial score (nSPS) is 15.2. The van der Waals surface area contributed by atoms with Crippen molar-refractivity contribution in [1.29, 1.82) is 0 Å². The molecule has 0 radical (unpaired) electrons. The van der Waals surface area contributed by atoms with Crippen LogP contribution in [0.1, 0.15) is 22.3 Å². The van der Waals surface area contributed by atoms with Gasteiger partial charge in [-0.05, 0) is 36.4 Å². The number of carbonyl (C=O) groups is 1. The van der Waals surface area contributed by atoms with E-state index < -0.39 is 10.4 Å². The van der Waals surface area contributed by atoms with Gasteiger partial charge in [-0.3, -0.25) is 9.35 Å². The van der Waals surface area contributed by atoms with Crippen LogP contribution in [0.4, 0.5) is 11.4 Å². The first-order valence-electron chi connectivity index (χ1n) is 8.38. The van der Waals surface area contributed by atoms with Gasteiger partial charge in [-0.15, -0.1) is 0 Å². The van der Waals surface area contributed by atoms with E-state index in [1.54, 1.807) is 30.3 Å². The summed E-state index contributed by atoms with van der Waals surface area (Å²) in [5, 5.41) is 4.19. The maximum atomic E-state index is 13.2. The van der Waals surface area contributed by atoms with Gasteiger partial charge in [0.2, 0.25) is 0 Å². The van der Waals surface area contributed by atoms with E-state index in [4.69, 9.17) is 27.8 Å². The molecule has 3 rings (SSSR count). The van der Waals surface area contributed by atoms with Gasteiger partial charge in [0.15, 0.2) is 0 Å². The van der Waals surface area contributed by atoms with Crippen molar-refractivity contribution in [2.24, 2.45) is 5.16 Å². The van der Waals surface area contributed by atoms with Crippen molar-refractivity contribution in [2.45, 2.75) is 6.42 Å². The van der Waals surface area contributed by atoms with Crippen LogP contribution in [0, 0.1) is 0 Å². The summed E-state index contributed by atoms with van der Waals surface area (Å²) in [4.78, 5) is 16.6. The highest BCUT2D eigenvalue weighted by Gasteiger charge is 2.29. The Kier molecular flexibility index (Phi) is 6.04. The molecule has 0 bridgehead atoms. The first-order chi connectivity index (χ1) is 13.6. The fraction of sp³-hybridized carbons (Fsp3) is 0.222. The van der Waals surface area contributed by atoms with Crippen molar-refractivity contribution < 1.29 is 22.0 Å². The minimum atomic E-state index is -4.74. The van der Waals surface area contributed by atoms with Crippen LogP contribution in [-0.4, -0.2) is 45.2 Å². The average molecular weight is 458 g/mol. The summed E-state index contributed by atoms with van der Waals surface area (Å²) >= 11 is 12.1. The highest BCUT2D eigenvalue weighted by atomic mass is 35.5. The van der Waals surface area contributed by atoms with Gasteiger partial charge in [0, 0.05) is 43.3 Å². The summed E-state index contributed by atoms with van der Waals surface area (Å²) in [5.74, 6) is -0.335. The molecule has 1 N–H and O–H groups in total. The lowest BCUT2D eigenvalue weighted by Gasteiger charge is -2.31. The molecule has 0 aliphatic carbocycles. The number of amides is 1. The third kappa shape index (κ3) is 4.81.